The highest BCUT2D eigenvalue weighted by molar-refractivity contribution is 5.92. The molecule has 0 aliphatic rings. The van der Waals surface area contributed by atoms with Crippen LogP contribution in [0.3, 0.4) is 0 Å². The zero-order valence-electron chi connectivity index (χ0n) is 16.1. The van der Waals surface area contributed by atoms with E-state index in [-0.39, 0.29) is 17.8 Å². The predicted molar refractivity (Wildman–Crippen MR) is 102 cm³/mol. The zero-order chi connectivity index (χ0) is 18.8. The molecule has 4 nitrogen and oxygen atoms in total. The third-order valence-corrected chi connectivity index (χ3v) is 4.21. The Kier molecular flexibility index (Phi) is 8.96. The summed E-state index contributed by atoms with van der Waals surface area (Å²) in [5, 5.41) is 0. The highest BCUT2D eigenvalue weighted by atomic mass is 16.5. The van der Waals surface area contributed by atoms with Crippen molar-refractivity contribution in [3.63, 3.8) is 0 Å². The lowest BCUT2D eigenvalue weighted by molar-refractivity contribution is -0.146. The van der Waals surface area contributed by atoms with Gasteiger partial charge in [-0.3, -0.25) is 9.59 Å². The van der Waals surface area contributed by atoms with Gasteiger partial charge in [0.15, 0.2) is 0 Å². The van der Waals surface area contributed by atoms with E-state index in [4.69, 9.17) is 4.74 Å². The van der Waals surface area contributed by atoms with Crippen molar-refractivity contribution < 1.29 is 14.3 Å². The van der Waals surface area contributed by atoms with Gasteiger partial charge in [0.25, 0.3) is 0 Å². The number of unbranched alkanes of at least 4 members (excludes halogenated alkanes) is 1. The lowest BCUT2D eigenvalue weighted by atomic mass is 10.0. The quantitative estimate of drug-likeness (QED) is 0.496. The first kappa shape index (κ1) is 20.9. The molecule has 138 valence electrons. The molecule has 0 spiro atoms. The zero-order valence-corrected chi connectivity index (χ0v) is 16.1. The Balaban J connectivity index is 2.77. The second kappa shape index (κ2) is 10.7. The Morgan fingerprint density at radius 3 is 2.32 bits per heavy atom. The fourth-order valence-electron chi connectivity index (χ4n) is 2.51. The van der Waals surface area contributed by atoms with Gasteiger partial charge in [0, 0.05) is 19.2 Å². The average Bonchev–Trinajstić information content (AvgIpc) is 2.62. The van der Waals surface area contributed by atoms with Gasteiger partial charge in [0.1, 0.15) is 0 Å². The first-order chi connectivity index (χ1) is 11.9. The maximum absolute atomic E-state index is 12.5. The second-order valence-electron chi connectivity index (χ2n) is 6.72. The van der Waals surface area contributed by atoms with Crippen molar-refractivity contribution in [1.82, 2.24) is 4.90 Å². The van der Waals surface area contributed by atoms with E-state index >= 15 is 0 Å². The fourth-order valence-corrected chi connectivity index (χ4v) is 2.51. The molecule has 0 N–H and O–H groups in total. The van der Waals surface area contributed by atoms with Crippen molar-refractivity contribution in [2.24, 2.45) is 5.92 Å². The minimum absolute atomic E-state index is 0.0721. The summed E-state index contributed by atoms with van der Waals surface area (Å²) >= 11 is 0. The summed E-state index contributed by atoms with van der Waals surface area (Å²) in [6.07, 6.45) is 5.32. The van der Waals surface area contributed by atoms with Gasteiger partial charge in [-0.25, -0.2) is 0 Å². The maximum atomic E-state index is 12.5. The molecule has 0 aliphatic carbocycles. The van der Waals surface area contributed by atoms with E-state index in [1.807, 2.05) is 18.2 Å². The molecule has 25 heavy (non-hydrogen) atoms. The monoisotopic (exact) mass is 345 g/mol. The first-order valence-electron chi connectivity index (χ1n) is 9.03. The van der Waals surface area contributed by atoms with Crippen LogP contribution in [0.15, 0.2) is 30.3 Å². The molecule has 1 aromatic carbocycles. The van der Waals surface area contributed by atoms with E-state index in [9.17, 15) is 9.59 Å². The van der Waals surface area contributed by atoms with Gasteiger partial charge in [-0.2, -0.15) is 0 Å². The Morgan fingerprint density at radius 2 is 1.80 bits per heavy atom. The van der Waals surface area contributed by atoms with Crippen molar-refractivity contribution in [3.8, 4) is 0 Å². The number of nitrogens with zero attached hydrogens (tertiary/aromatic N) is 1. The van der Waals surface area contributed by atoms with Crippen LogP contribution in [0.1, 0.15) is 57.6 Å². The molecule has 1 rings (SSSR count). The number of carbonyl (C=O) groups excluding carboxylic acids is 2. The van der Waals surface area contributed by atoms with E-state index in [0.29, 0.717) is 19.0 Å². The third kappa shape index (κ3) is 7.12. The number of carbonyl (C=O) groups is 2. The molecule has 0 bridgehead atoms. The molecule has 4 heteroatoms. The molecule has 1 amide bonds. The van der Waals surface area contributed by atoms with Crippen LogP contribution in [-0.4, -0.2) is 37.0 Å². The predicted octanol–water partition coefficient (Wildman–Crippen LogP) is 4.26. The van der Waals surface area contributed by atoms with Gasteiger partial charge in [0.05, 0.1) is 13.0 Å². The van der Waals surface area contributed by atoms with Crippen molar-refractivity contribution >= 4 is 18.0 Å². The number of benzene rings is 1. The topological polar surface area (TPSA) is 46.6 Å². The van der Waals surface area contributed by atoms with E-state index in [2.05, 4.69) is 32.9 Å². The molecule has 0 aromatic heterocycles. The van der Waals surface area contributed by atoms with Gasteiger partial charge in [-0.05, 0) is 29.5 Å². The molecule has 0 heterocycles. The molecule has 0 aliphatic heterocycles. The largest absolute Gasteiger partial charge is 0.469 e. The van der Waals surface area contributed by atoms with Crippen molar-refractivity contribution in [2.75, 3.05) is 20.2 Å². The van der Waals surface area contributed by atoms with E-state index in [0.717, 1.165) is 18.4 Å². The van der Waals surface area contributed by atoms with Crippen LogP contribution < -0.4 is 0 Å². The van der Waals surface area contributed by atoms with Gasteiger partial charge in [-0.1, -0.05) is 58.4 Å². The molecule has 0 saturated carbocycles. The van der Waals surface area contributed by atoms with E-state index < -0.39 is 0 Å². The molecule has 1 atom stereocenters. The fraction of sp³-hybridized carbons (Fsp3) is 0.524. The van der Waals surface area contributed by atoms with Gasteiger partial charge in [0.2, 0.25) is 5.91 Å². The van der Waals surface area contributed by atoms with Crippen molar-refractivity contribution in [2.45, 2.75) is 46.5 Å². The van der Waals surface area contributed by atoms with Gasteiger partial charge in [-0.15, -0.1) is 0 Å². The Bertz CT molecular complexity index is 575. The minimum Gasteiger partial charge on any atom is -0.469 e. The second-order valence-corrected chi connectivity index (χ2v) is 6.72. The Hall–Kier alpha value is -2.10. The number of hydrogen-bond acceptors (Lipinski definition) is 3. The average molecular weight is 345 g/mol. The van der Waals surface area contributed by atoms with Crippen LogP contribution >= 0.6 is 0 Å². The number of hydrogen-bond donors (Lipinski definition) is 0. The smallest absolute Gasteiger partial charge is 0.310 e. The minimum atomic E-state index is -0.329. The van der Waals surface area contributed by atoms with Crippen LogP contribution in [0.5, 0.6) is 0 Å². The number of esters is 1. The number of amides is 1. The van der Waals surface area contributed by atoms with Crippen molar-refractivity contribution in [1.29, 1.82) is 0 Å². The summed E-state index contributed by atoms with van der Waals surface area (Å²) in [5.74, 6) is -0.201. The molecule has 1 aromatic rings. The summed E-state index contributed by atoms with van der Waals surface area (Å²) < 4.78 is 4.76. The summed E-state index contributed by atoms with van der Waals surface area (Å²) in [4.78, 5) is 25.9. The van der Waals surface area contributed by atoms with E-state index in [1.165, 1.54) is 12.7 Å². The van der Waals surface area contributed by atoms with Crippen molar-refractivity contribution in [3.05, 3.63) is 41.5 Å². The van der Waals surface area contributed by atoms with Crippen LogP contribution in [-0.2, 0) is 14.3 Å². The van der Waals surface area contributed by atoms with Crippen LogP contribution in [0, 0.1) is 5.92 Å². The lowest BCUT2D eigenvalue weighted by Gasteiger charge is -2.23. The van der Waals surface area contributed by atoms with Gasteiger partial charge < -0.3 is 9.64 Å². The highest BCUT2D eigenvalue weighted by Gasteiger charge is 2.19. The summed E-state index contributed by atoms with van der Waals surface area (Å²) in [6.45, 7) is 9.20. The molecule has 0 radical (unpaired) electrons. The van der Waals surface area contributed by atoms with Gasteiger partial charge >= 0.3 is 5.97 Å². The highest BCUT2D eigenvalue weighted by Crippen LogP contribution is 2.15. The molecule has 1 unspecified atom stereocenters. The molecular formula is C21H31NO3. The van der Waals surface area contributed by atoms with Crippen LogP contribution in [0.2, 0.25) is 0 Å². The third-order valence-electron chi connectivity index (χ3n) is 4.21. The van der Waals surface area contributed by atoms with E-state index in [1.54, 1.807) is 17.9 Å². The normalized spacial score (nSPS) is 12.4. The van der Waals surface area contributed by atoms with Crippen LogP contribution in [0.25, 0.3) is 6.08 Å². The number of rotatable bonds is 9. The Morgan fingerprint density at radius 1 is 1.16 bits per heavy atom. The maximum Gasteiger partial charge on any atom is 0.310 e. The number of methoxy groups -OCH3 is 1. The Labute approximate surface area is 151 Å². The summed E-state index contributed by atoms with van der Waals surface area (Å²) in [6, 6.07) is 8.21. The standard InChI is InChI=1S/C21H31NO3/c1-6-7-14-22(15-17(4)21(24)25-5)20(23)13-10-18-8-11-19(12-9-18)16(2)3/h8-13,16-17H,6-7,14-15H2,1-5H3/b13-10+. The summed E-state index contributed by atoms with van der Waals surface area (Å²) in [7, 11) is 1.37. The summed E-state index contributed by atoms with van der Waals surface area (Å²) in [5.41, 5.74) is 2.27. The molecular weight excluding hydrogens is 314 g/mol. The molecule has 0 saturated heterocycles. The lowest BCUT2D eigenvalue weighted by Crippen LogP contribution is -2.37. The first-order valence-corrected chi connectivity index (χ1v) is 9.03. The molecule has 0 fully saturated rings. The SMILES string of the molecule is CCCCN(CC(C)C(=O)OC)C(=O)/C=C/c1ccc(C(C)C)cc1. The van der Waals surface area contributed by atoms with Crippen LogP contribution in [0.4, 0.5) is 0 Å². The number of ether oxygens (including phenoxy) is 1.